The van der Waals surface area contributed by atoms with Gasteiger partial charge in [0, 0.05) is 6.54 Å². The summed E-state index contributed by atoms with van der Waals surface area (Å²) in [6, 6.07) is 10.7. The first-order chi connectivity index (χ1) is 15.3. The molecule has 1 atom stereocenters. The summed E-state index contributed by atoms with van der Waals surface area (Å²) in [7, 11) is -0.223. The van der Waals surface area contributed by atoms with Gasteiger partial charge in [0.2, 0.25) is 10.0 Å². The summed E-state index contributed by atoms with van der Waals surface area (Å²) in [5.74, 6) is 5.55. The molecule has 0 aliphatic carbocycles. The van der Waals surface area contributed by atoms with Crippen LogP contribution in [0.25, 0.3) is 0 Å². The van der Waals surface area contributed by atoms with Crippen LogP contribution in [0.2, 0.25) is 0 Å². The first kappa shape index (κ1) is 28.2. The molecule has 0 aromatic heterocycles. The number of benzene rings is 2. The quantitative estimate of drug-likeness (QED) is 0.247. The Morgan fingerprint density at radius 3 is 2.18 bits per heavy atom. The van der Waals surface area contributed by atoms with E-state index in [9.17, 15) is 13.2 Å². The lowest BCUT2D eigenvalue weighted by Crippen LogP contribution is -2.39. The zero-order chi connectivity index (χ0) is 23.6. The average molecular weight is 498 g/mol. The molecule has 33 heavy (non-hydrogen) atoms. The van der Waals surface area contributed by atoms with E-state index in [1.54, 1.807) is 31.2 Å². The van der Waals surface area contributed by atoms with Crippen molar-refractivity contribution in [1.82, 2.24) is 15.1 Å². The molecule has 2 aromatic carbocycles. The summed E-state index contributed by atoms with van der Waals surface area (Å²) in [5, 5.41) is 9.10. The predicted molar refractivity (Wildman–Crippen MR) is 126 cm³/mol. The van der Waals surface area contributed by atoms with Gasteiger partial charge >= 0.3 is 0 Å². The summed E-state index contributed by atoms with van der Waals surface area (Å²) < 4.78 is 38.9. The smallest absolute Gasteiger partial charge is 0.266 e. The monoisotopic (exact) mass is 497 g/mol. The van der Waals surface area contributed by atoms with Gasteiger partial charge in [0.1, 0.15) is 30.8 Å². The van der Waals surface area contributed by atoms with Crippen LogP contribution in [0.4, 0.5) is 0 Å². The number of nitrogens with zero attached hydrogens (tertiary/aromatic N) is 1. The molecule has 1 unspecified atom stereocenters. The molecule has 0 fully saturated rings. The van der Waals surface area contributed by atoms with Crippen molar-refractivity contribution < 1.29 is 27.9 Å². The molecule has 0 radical (unpaired) electrons. The fourth-order valence-corrected chi connectivity index (χ4v) is 3.75. The van der Waals surface area contributed by atoms with Crippen LogP contribution in [-0.4, -0.2) is 58.3 Å². The molecule has 0 aliphatic heterocycles. The number of rotatable bonds is 11. The molecule has 0 aliphatic rings. The molecule has 0 saturated heterocycles. The number of carbonyl (C=O) groups is 1. The Bertz CT molecular complexity index is 1050. The van der Waals surface area contributed by atoms with Gasteiger partial charge in [-0.15, -0.1) is 18.3 Å². The van der Waals surface area contributed by atoms with E-state index in [0.717, 1.165) is 6.54 Å². The Balaban J connectivity index is 0.00000544. The van der Waals surface area contributed by atoms with Crippen LogP contribution < -0.4 is 19.7 Å². The Hall–Kier alpha value is -2.81. The van der Waals surface area contributed by atoms with Gasteiger partial charge in [0.25, 0.3) is 5.91 Å². The maximum atomic E-state index is 12.8. The second-order valence-corrected chi connectivity index (χ2v) is 8.65. The third-order valence-corrected chi connectivity index (χ3v) is 5.73. The number of sulfonamides is 1. The number of nitrogens with one attached hydrogen (secondary N) is 2. The number of hydrogen-bond acceptors (Lipinski definition) is 7. The molecule has 0 saturated carbocycles. The lowest BCUT2D eigenvalue weighted by molar-refractivity contribution is -0.131. The normalized spacial score (nSPS) is 11.5. The highest BCUT2D eigenvalue weighted by atomic mass is 35.5. The number of hydroxylamine groups is 1. The van der Waals surface area contributed by atoms with Gasteiger partial charge < -0.3 is 14.4 Å². The minimum absolute atomic E-state index is 0. The second-order valence-electron chi connectivity index (χ2n) is 6.94. The largest absolute Gasteiger partial charge is 0.492 e. The van der Waals surface area contributed by atoms with Crippen LogP contribution in [0.3, 0.4) is 0 Å². The molecule has 11 heteroatoms. The van der Waals surface area contributed by atoms with Crippen molar-refractivity contribution in [3.63, 3.8) is 0 Å². The van der Waals surface area contributed by atoms with Crippen molar-refractivity contribution in [3.8, 4) is 23.3 Å². The molecule has 0 spiro atoms. The van der Waals surface area contributed by atoms with Gasteiger partial charge in [-0.2, -0.15) is 4.72 Å². The Kier molecular flexibility index (Phi) is 11.7. The van der Waals surface area contributed by atoms with Crippen LogP contribution in [0.15, 0.2) is 53.4 Å². The van der Waals surface area contributed by atoms with Crippen LogP contribution >= 0.6 is 12.4 Å². The summed E-state index contributed by atoms with van der Waals surface area (Å²) in [5.41, 5.74) is 1.83. The summed E-state index contributed by atoms with van der Waals surface area (Å²) >= 11 is 0. The molecular formula is C22H28ClN3O6S. The fourth-order valence-electron chi connectivity index (χ4n) is 2.57. The molecule has 0 bridgehead atoms. The minimum Gasteiger partial charge on any atom is -0.492 e. The highest BCUT2D eigenvalue weighted by Crippen LogP contribution is 2.22. The van der Waals surface area contributed by atoms with E-state index in [1.165, 1.54) is 29.7 Å². The molecule has 3 N–H and O–H groups in total. The molecule has 0 heterocycles. The van der Waals surface area contributed by atoms with Crippen LogP contribution in [0.1, 0.15) is 18.5 Å². The lowest BCUT2D eigenvalue weighted by atomic mass is 10.1. The number of hydrogen-bond donors (Lipinski definition) is 3. The van der Waals surface area contributed by atoms with Crippen LogP contribution in [-0.2, 0) is 14.8 Å². The van der Waals surface area contributed by atoms with Crippen LogP contribution in [0, 0.1) is 11.8 Å². The molecule has 2 rings (SSSR count). The zero-order valence-corrected chi connectivity index (χ0v) is 20.2. The maximum absolute atomic E-state index is 12.8. The summed E-state index contributed by atoms with van der Waals surface area (Å²) in [4.78, 5) is 14.1. The average Bonchev–Trinajstić information content (AvgIpc) is 2.78. The highest BCUT2D eigenvalue weighted by Gasteiger charge is 2.27. The Morgan fingerprint density at radius 2 is 1.64 bits per heavy atom. The molecule has 2 aromatic rings. The van der Waals surface area contributed by atoms with E-state index in [0.29, 0.717) is 23.7 Å². The van der Waals surface area contributed by atoms with Gasteiger partial charge in [-0.3, -0.25) is 10.0 Å². The second kappa shape index (κ2) is 13.7. The molecular weight excluding hydrogens is 470 g/mol. The van der Waals surface area contributed by atoms with E-state index in [2.05, 4.69) is 16.6 Å². The van der Waals surface area contributed by atoms with Crippen molar-refractivity contribution in [2.75, 3.05) is 33.9 Å². The topological polar surface area (TPSA) is 117 Å². The predicted octanol–water partition coefficient (Wildman–Crippen LogP) is 1.98. The highest BCUT2D eigenvalue weighted by molar-refractivity contribution is 7.89. The number of halogens is 1. The van der Waals surface area contributed by atoms with Gasteiger partial charge in [-0.1, -0.05) is 18.1 Å². The first-order valence-electron chi connectivity index (χ1n) is 9.73. The SMILES string of the molecule is CC#CCOc1ccc(S(=O)(=O)NC(C(=O)NO)c2ccc(OCCN(C)C)cc2)cc1.Cl. The minimum atomic E-state index is -4.08. The number of amides is 1. The summed E-state index contributed by atoms with van der Waals surface area (Å²) in [6.45, 7) is 3.08. The number of carbonyl (C=O) groups excluding carboxylic acids is 1. The number of likely N-dealkylation sites (N-methyl/N-ethyl adjacent to an activating group) is 1. The van der Waals surface area contributed by atoms with Crippen molar-refractivity contribution in [3.05, 3.63) is 54.1 Å². The fraction of sp³-hybridized carbons (Fsp3) is 0.318. The summed E-state index contributed by atoms with van der Waals surface area (Å²) in [6.07, 6.45) is 0. The van der Waals surface area contributed by atoms with E-state index >= 15 is 0 Å². The Morgan fingerprint density at radius 1 is 1.06 bits per heavy atom. The third kappa shape index (κ3) is 8.92. The zero-order valence-electron chi connectivity index (χ0n) is 18.6. The standard InChI is InChI=1S/C22H27N3O6S.ClH/c1-4-5-15-30-19-10-12-20(13-11-19)32(28,29)24-21(22(26)23-27)17-6-8-18(9-7-17)31-16-14-25(2)3;/h6-13,21,24,27H,14-16H2,1-3H3,(H,23,26);1H. The van der Waals surface area contributed by atoms with Crippen molar-refractivity contribution in [2.45, 2.75) is 17.9 Å². The van der Waals surface area contributed by atoms with Gasteiger partial charge in [0.15, 0.2) is 0 Å². The third-order valence-electron chi connectivity index (χ3n) is 4.29. The maximum Gasteiger partial charge on any atom is 0.266 e. The number of ether oxygens (including phenoxy) is 2. The molecule has 180 valence electrons. The molecule has 9 nitrogen and oxygen atoms in total. The first-order valence-corrected chi connectivity index (χ1v) is 11.2. The van der Waals surface area contributed by atoms with E-state index < -0.39 is 22.0 Å². The van der Waals surface area contributed by atoms with E-state index in [4.69, 9.17) is 14.7 Å². The van der Waals surface area contributed by atoms with Crippen LogP contribution in [0.5, 0.6) is 11.5 Å². The van der Waals surface area contributed by atoms with Gasteiger partial charge in [0.05, 0.1) is 4.90 Å². The molecule has 1 amide bonds. The van der Waals surface area contributed by atoms with Crippen molar-refractivity contribution >= 4 is 28.3 Å². The van der Waals surface area contributed by atoms with E-state index in [1.807, 2.05) is 19.0 Å². The van der Waals surface area contributed by atoms with Gasteiger partial charge in [-0.25, -0.2) is 13.9 Å². The Labute approximate surface area is 200 Å². The van der Waals surface area contributed by atoms with Crippen molar-refractivity contribution in [1.29, 1.82) is 0 Å². The lowest BCUT2D eigenvalue weighted by Gasteiger charge is -2.18. The van der Waals surface area contributed by atoms with Crippen molar-refractivity contribution in [2.24, 2.45) is 0 Å². The van der Waals surface area contributed by atoms with Gasteiger partial charge in [-0.05, 0) is 63.0 Å². The van der Waals surface area contributed by atoms with E-state index in [-0.39, 0.29) is 23.9 Å².